The Labute approximate surface area is 193 Å². The minimum absolute atomic E-state index is 0.0213. The van der Waals surface area contributed by atoms with E-state index in [1.165, 1.54) is 21.8 Å². The Kier molecular flexibility index (Phi) is 6.47. The first-order chi connectivity index (χ1) is 15.3. The molecule has 4 rings (SSSR count). The summed E-state index contributed by atoms with van der Waals surface area (Å²) in [5, 5.41) is 4.54. The molecule has 1 N–H and O–H groups in total. The zero-order valence-electron chi connectivity index (χ0n) is 16.6. The molecule has 2 aromatic carbocycles. The number of hydrogen-bond acceptors (Lipinski definition) is 5. The molecule has 0 aliphatic carbocycles. The van der Waals surface area contributed by atoms with Gasteiger partial charge < -0.3 is 10.2 Å². The molecular formula is C21H18ClF2N3O3S2. The van der Waals surface area contributed by atoms with Crippen LogP contribution in [-0.2, 0) is 10.0 Å². The third kappa shape index (κ3) is 4.63. The number of nitrogens with one attached hydrogen (secondary N) is 1. The number of hydrogen-bond donors (Lipinski definition) is 1. The lowest BCUT2D eigenvalue weighted by atomic mass is 10.2. The summed E-state index contributed by atoms with van der Waals surface area (Å²) in [5.74, 6) is -2.86. The van der Waals surface area contributed by atoms with Crippen molar-refractivity contribution in [2.24, 2.45) is 0 Å². The van der Waals surface area contributed by atoms with Crippen LogP contribution in [0, 0.1) is 11.6 Å². The van der Waals surface area contributed by atoms with Gasteiger partial charge in [-0.2, -0.15) is 4.31 Å². The van der Waals surface area contributed by atoms with E-state index in [1.807, 2.05) is 23.1 Å². The fourth-order valence-corrected chi connectivity index (χ4v) is 6.33. The topological polar surface area (TPSA) is 69.7 Å². The summed E-state index contributed by atoms with van der Waals surface area (Å²) in [6.07, 6.45) is 0. The van der Waals surface area contributed by atoms with Crippen LogP contribution in [0.25, 0.3) is 0 Å². The molecule has 0 saturated carbocycles. The van der Waals surface area contributed by atoms with Crippen molar-refractivity contribution >= 4 is 50.2 Å². The summed E-state index contributed by atoms with van der Waals surface area (Å²) in [7, 11) is -3.92. The highest BCUT2D eigenvalue weighted by Gasteiger charge is 2.32. The van der Waals surface area contributed by atoms with E-state index in [0.29, 0.717) is 18.1 Å². The summed E-state index contributed by atoms with van der Waals surface area (Å²) in [6.45, 7) is 1.43. The van der Waals surface area contributed by atoms with Gasteiger partial charge in [-0.15, -0.1) is 11.3 Å². The average molecular weight is 498 g/mol. The number of sulfonamides is 1. The van der Waals surface area contributed by atoms with Crippen molar-refractivity contribution < 1.29 is 22.0 Å². The standard InChI is InChI=1S/C21H18ClF2N3O3S2/c22-14-2-1-3-16(12-14)26-7-9-27(10-8-26)32(29,30)19-6-11-31-20(19)21(28)25-15-4-5-17(23)18(24)13-15/h1-6,11-13H,7-10H2,(H,25,28). The van der Waals surface area contributed by atoms with Gasteiger partial charge in [-0.05, 0) is 41.8 Å². The maximum Gasteiger partial charge on any atom is 0.267 e. The maximum absolute atomic E-state index is 13.4. The predicted molar refractivity (Wildman–Crippen MR) is 121 cm³/mol. The molecule has 1 amide bonds. The zero-order chi connectivity index (χ0) is 22.9. The second-order valence-corrected chi connectivity index (χ2v) is 10.3. The van der Waals surface area contributed by atoms with Crippen LogP contribution in [0.2, 0.25) is 5.02 Å². The molecule has 168 valence electrons. The van der Waals surface area contributed by atoms with Crippen LogP contribution in [0.1, 0.15) is 9.67 Å². The third-order valence-corrected chi connectivity index (χ3v) is 8.26. The van der Waals surface area contributed by atoms with Crippen molar-refractivity contribution in [3.63, 3.8) is 0 Å². The van der Waals surface area contributed by atoms with Crippen LogP contribution < -0.4 is 10.2 Å². The third-order valence-electron chi connectivity index (χ3n) is 5.04. The molecule has 0 radical (unpaired) electrons. The Bertz CT molecular complexity index is 1260. The van der Waals surface area contributed by atoms with Gasteiger partial charge in [0.05, 0.1) is 0 Å². The molecular weight excluding hydrogens is 480 g/mol. The molecule has 3 aromatic rings. The highest BCUT2D eigenvalue weighted by atomic mass is 35.5. The van der Waals surface area contributed by atoms with E-state index in [1.54, 1.807) is 6.07 Å². The summed E-state index contributed by atoms with van der Waals surface area (Å²) in [5.41, 5.74) is 0.942. The number of thiophene rings is 1. The van der Waals surface area contributed by atoms with Crippen LogP contribution in [-0.4, -0.2) is 44.8 Å². The van der Waals surface area contributed by atoms with Gasteiger partial charge in [0.2, 0.25) is 10.0 Å². The predicted octanol–water partition coefficient (Wildman–Crippen LogP) is 4.44. The van der Waals surface area contributed by atoms with Crippen LogP contribution in [0.3, 0.4) is 0 Å². The molecule has 1 aliphatic heterocycles. The van der Waals surface area contributed by atoms with Gasteiger partial charge in [0.15, 0.2) is 11.6 Å². The van der Waals surface area contributed by atoms with E-state index < -0.39 is 27.6 Å². The monoisotopic (exact) mass is 497 g/mol. The first-order valence-corrected chi connectivity index (χ1v) is 12.3. The number of piperazine rings is 1. The fraction of sp³-hybridized carbons (Fsp3) is 0.190. The van der Waals surface area contributed by atoms with Gasteiger partial charge in [-0.1, -0.05) is 17.7 Å². The Hall–Kier alpha value is -2.53. The van der Waals surface area contributed by atoms with Crippen molar-refractivity contribution in [2.45, 2.75) is 4.90 Å². The lowest BCUT2D eigenvalue weighted by molar-refractivity contribution is 0.102. The lowest BCUT2D eigenvalue weighted by Crippen LogP contribution is -2.48. The number of rotatable bonds is 5. The summed E-state index contributed by atoms with van der Waals surface area (Å²) in [6, 6.07) is 11.7. The van der Waals surface area contributed by atoms with Crippen molar-refractivity contribution in [3.8, 4) is 0 Å². The quantitative estimate of drug-likeness (QED) is 0.565. The second-order valence-electron chi connectivity index (χ2n) is 7.07. The average Bonchev–Trinajstić information content (AvgIpc) is 3.28. The van der Waals surface area contributed by atoms with Crippen molar-refractivity contribution in [3.05, 3.63) is 75.4 Å². The van der Waals surface area contributed by atoms with Crippen LogP contribution in [0.15, 0.2) is 58.8 Å². The normalized spacial score (nSPS) is 15.0. The Morgan fingerprint density at radius 1 is 1.00 bits per heavy atom. The minimum atomic E-state index is -3.92. The number of carbonyl (C=O) groups excluding carboxylic acids is 1. The Morgan fingerprint density at radius 3 is 2.44 bits per heavy atom. The van der Waals surface area contributed by atoms with E-state index in [0.717, 1.165) is 29.2 Å². The Balaban J connectivity index is 1.49. The van der Waals surface area contributed by atoms with E-state index in [-0.39, 0.29) is 28.5 Å². The van der Waals surface area contributed by atoms with Gasteiger partial charge in [-0.25, -0.2) is 17.2 Å². The number of anilines is 2. The maximum atomic E-state index is 13.4. The fourth-order valence-electron chi connectivity index (χ4n) is 3.43. The number of carbonyl (C=O) groups is 1. The van der Waals surface area contributed by atoms with Gasteiger partial charge in [0, 0.05) is 48.6 Å². The van der Waals surface area contributed by atoms with Crippen LogP contribution >= 0.6 is 22.9 Å². The van der Waals surface area contributed by atoms with E-state index in [2.05, 4.69) is 5.32 Å². The molecule has 1 fully saturated rings. The van der Waals surface area contributed by atoms with E-state index in [4.69, 9.17) is 11.6 Å². The molecule has 1 saturated heterocycles. The molecule has 0 unspecified atom stereocenters. The second kappa shape index (κ2) is 9.14. The number of nitrogens with zero attached hydrogens (tertiary/aromatic N) is 2. The van der Waals surface area contributed by atoms with Crippen molar-refractivity contribution in [2.75, 3.05) is 36.4 Å². The molecule has 0 bridgehead atoms. The molecule has 11 heteroatoms. The first kappa shape index (κ1) is 22.7. The Morgan fingerprint density at radius 2 is 1.75 bits per heavy atom. The molecule has 0 spiro atoms. The number of halogens is 3. The van der Waals surface area contributed by atoms with Gasteiger partial charge >= 0.3 is 0 Å². The highest BCUT2D eigenvalue weighted by Crippen LogP contribution is 2.28. The van der Waals surface area contributed by atoms with Crippen molar-refractivity contribution in [1.29, 1.82) is 0 Å². The van der Waals surface area contributed by atoms with Crippen molar-refractivity contribution in [1.82, 2.24) is 4.31 Å². The molecule has 32 heavy (non-hydrogen) atoms. The minimum Gasteiger partial charge on any atom is -0.369 e. The van der Waals surface area contributed by atoms with E-state index >= 15 is 0 Å². The van der Waals surface area contributed by atoms with Crippen LogP contribution in [0.4, 0.5) is 20.2 Å². The van der Waals surface area contributed by atoms with Gasteiger partial charge in [-0.3, -0.25) is 4.79 Å². The summed E-state index contributed by atoms with van der Waals surface area (Å²) >= 11 is 7.01. The highest BCUT2D eigenvalue weighted by molar-refractivity contribution is 7.89. The molecule has 1 aromatic heterocycles. The molecule has 6 nitrogen and oxygen atoms in total. The summed E-state index contributed by atoms with van der Waals surface area (Å²) in [4.78, 5) is 14.6. The SMILES string of the molecule is O=C(Nc1ccc(F)c(F)c1)c1sccc1S(=O)(=O)N1CCN(c2cccc(Cl)c2)CC1. The largest absolute Gasteiger partial charge is 0.369 e. The first-order valence-electron chi connectivity index (χ1n) is 9.60. The smallest absolute Gasteiger partial charge is 0.267 e. The molecule has 1 aliphatic rings. The van der Waals surface area contributed by atoms with Gasteiger partial charge in [0.25, 0.3) is 5.91 Å². The van der Waals surface area contributed by atoms with Crippen LogP contribution in [0.5, 0.6) is 0 Å². The molecule has 2 heterocycles. The zero-order valence-corrected chi connectivity index (χ0v) is 19.0. The molecule has 0 atom stereocenters. The number of benzene rings is 2. The van der Waals surface area contributed by atoms with Gasteiger partial charge in [0.1, 0.15) is 9.77 Å². The number of amides is 1. The lowest BCUT2D eigenvalue weighted by Gasteiger charge is -2.35. The summed E-state index contributed by atoms with van der Waals surface area (Å²) < 4.78 is 54.3. The van der Waals surface area contributed by atoms with E-state index in [9.17, 15) is 22.0 Å².